The van der Waals surface area contributed by atoms with Crippen LogP contribution in [-0.2, 0) is 0 Å². The lowest BCUT2D eigenvalue weighted by atomic mass is 9.89. The SMILES string of the molecule is CNCC(CCC1CCCC1)c1ccc(F)cc1. The van der Waals surface area contributed by atoms with Crippen molar-refractivity contribution in [1.82, 2.24) is 5.32 Å². The maximum atomic E-state index is 13.0. The molecule has 1 aliphatic rings. The van der Waals surface area contributed by atoms with E-state index in [-0.39, 0.29) is 5.82 Å². The number of halogens is 1. The van der Waals surface area contributed by atoms with Crippen LogP contribution in [-0.4, -0.2) is 13.6 Å². The molecule has 0 bridgehead atoms. The van der Waals surface area contributed by atoms with E-state index in [9.17, 15) is 4.39 Å². The second kappa shape index (κ2) is 6.89. The first-order valence-corrected chi connectivity index (χ1v) is 7.19. The van der Waals surface area contributed by atoms with Crippen LogP contribution in [0.2, 0.25) is 0 Å². The van der Waals surface area contributed by atoms with E-state index in [1.54, 1.807) is 12.1 Å². The molecule has 1 aliphatic carbocycles. The Labute approximate surface area is 110 Å². The molecule has 2 rings (SSSR count). The highest BCUT2D eigenvalue weighted by Crippen LogP contribution is 2.32. The number of nitrogens with one attached hydrogen (secondary N) is 1. The average molecular weight is 249 g/mol. The molecule has 0 radical (unpaired) electrons. The fourth-order valence-electron chi connectivity index (χ4n) is 3.10. The van der Waals surface area contributed by atoms with Gasteiger partial charge in [-0.15, -0.1) is 0 Å². The Morgan fingerprint density at radius 1 is 1.22 bits per heavy atom. The van der Waals surface area contributed by atoms with Gasteiger partial charge in [0.15, 0.2) is 0 Å². The van der Waals surface area contributed by atoms with Crippen LogP contribution in [0, 0.1) is 11.7 Å². The van der Waals surface area contributed by atoms with Gasteiger partial charge in [-0.1, -0.05) is 37.8 Å². The quantitative estimate of drug-likeness (QED) is 0.800. The molecular formula is C16H24FN. The predicted octanol–water partition coefficient (Wildman–Crippen LogP) is 4.10. The number of hydrogen-bond donors (Lipinski definition) is 1. The van der Waals surface area contributed by atoms with Gasteiger partial charge in [0.05, 0.1) is 0 Å². The lowest BCUT2D eigenvalue weighted by molar-refractivity contribution is 0.443. The number of benzene rings is 1. The summed E-state index contributed by atoms with van der Waals surface area (Å²) in [6.07, 6.45) is 8.20. The maximum absolute atomic E-state index is 13.0. The highest BCUT2D eigenvalue weighted by Gasteiger charge is 2.18. The largest absolute Gasteiger partial charge is 0.319 e. The first-order valence-electron chi connectivity index (χ1n) is 7.19. The molecule has 0 heterocycles. The summed E-state index contributed by atoms with van der Waals surface area (Å²) >= 11 is 0. The molecule has 0 saturated heterocycles. The predicted molar refractivity (Wildman–Crippen MR) is 74.3 cm³/mol. The molecule has 0 spiro atoms. The van der Waals surface area contributed by atoms with Crippen molar-refractivity contribution in [3.8, 4) is 0 Å². The smallest absolute Gasteiger partial charge is 0.123 e. The molecule has 100 valence electrons. The summed E-state index contributed by atoms with van der Waals surface area (Å²) in [5.41, 5.74) is 1.27. The first kappa shape index (κ1) is 13.5. The second-order valence-corrected chi connectivity index (χ2v) is 5.53. The zero-order valence-corrected chi connectivity index (χ0v) is 11.3. The van der Waals surface area contributed by atoms with Gasteiger partial charge in [-0.3, -0.25) is 0 Å². The van der Waals surface area contributed by atoms with Gasteiger partial charge in [0.1, 0.15) is 5.82 Å². The summed E-state index contributed by atoms with van der Waals surface area (Å²) in [6.45, 7) is 0.984. The van der Waals surface area contributed by atoms with Crippen molar-refractivity contribution >= 4 is 0 Å². The molecule has 2 heteroatoms. The minimum Gasteiger partial charge on any atom is -0.319 e. The van der Waals surface area contributed by atoms with E-state index in [4.69, 9.17) is 0 Å². The Morgan fingerprint density at radius 2 is 1.89 bits per heavy atom. The van der Waals surface area contributed by atoms with E-state index in [1.807, 2.05) is 19.2 Å². The first-order chi connectivity index (χ1) is 8.79. The van der Waals surface area contributed by atoms with Crippen LogP contribution in [0.1, 0.15) is 50.0 Å². The maximum Gasteiger partial charge on any atom is 0.123 e. The summed E-state index contributed by atoms with van der Waals surface area (Å²) < 4.78 is 13.0. The van der Waals surface area contributed by atoms with Gasteiger partial charge < -0.3 is 5.32 Å². The Bertz CT molecular complexity index is 341. The van der Waals surface area contributed by atoms with Crippen molar-refractivity contribution in [2.75, 3.05) is 13.6 Å². The van der Waals surface area contributed by atoms with Crippen LogP contribution in [0.3, 0.4) is 0 Å². The van der Waals surface area contributed by atoms with Crippen molar-refractivity contribution in [2.24, 2.45) is 5.92 Å². The van der Waals surface area contributed by atoms with Gasteiger partial charge in [0.25, 0.3) is 0 Å². The normalized spacial score (nSPS) is 18.1. The fraction of sp³-hybridized carbons (Fsp3) is 0.625. The molecule has 1 fully saturated rings. The van der Waals surface area contributed by atoms with E-state index in [2.05, 4.69) is 5.32 Å². The molecule has 0 aromatic heterocycles. The minimum atomic E-state index is -0.141. The molecule has 1 saturated carbocycles. The Kier molecular flexibility index (Phi) is 5.18. The van der Waals surface area contributed by atoms with E-state index in [0.717, 1.165) is 12.5 Å². The monoisotopic (exact) mass is 249 g/mol. The van der Waals surface area contributed by atoms with Gasteiger partial charge in [0.2, 0.25) is 0 Å². The van der Waals surface area contributed by atoms with Crippen LogP contribution in [0.15, 0.2) is 24.3 Å². The molecule has 1 nitrogen and oxygen atoms in total. The van der Waals surface area contributed by atoms with E-state index in [1.165, 1.54) is 44.1 Å². The lowest BCUT2D eigenvalue weighted by Crippen LogP contribution is -2.18. The van der Waals surface area contributed by atoms with Gasteiger partial charge in [0, 0.05) is 6.54 Å². The standard InChI is InChI=1S/C16H24FN/c1-18-12-15(7-6-13-4-2-3-5-13)14-8-10-16(17)11-9-14/h8-11,13,15,18H,2-7,12H2,1H3. The van der Waals surface area contributed by atoms with Crippen LogP contribution in [0.5, 0.6) is 0 Å². The van der Waals surface area contributed by atoms with Gasteiger partial charge in [-0.2, -0.15) is 0 Å². The van der Waals surface area contributed by atoms with Crippen LogP contribution in [0.25, 0.3) is 0 Å². The molecule has 1 atom stereocenters. The molecule has 1 unspecified atom stereocenters. The topological polar surface area (TPSA) is 12.0 Å². The number of hydrogen-bond acceptors (Lipinski definition) is 1. The Balaban J connectivity index is 1.91. The third kappa shape index (κ3) is 3.81. The average Bonchev–Trinajstić information content (AvgIpc) is 2.89. The van der Waals surface area contributed by atoms with Crippen LogP contribution < -0.4 is 5.32 Å². The zero-order chi connectivity index (χ0) is 12.8. The second-order valence-electron chi connectivity index (χ2n) is 5.53. The van der Waals surface area contributed by atoms with E-state index < -0.39 is 0 Å². The highest BCUT2D eigenvalue weighted by molar-refractivity contribution is 5.20. The summed E-state index contributed by atoms with van der Waals surface area (Å²) in [5, 5.41) is 3.26. The molecule has 1 N–H and O–H groups in total. The van der Waals surface area contributed by atoms with Crippen LogP contribution >= 0.6 is 0 Å². The fourth-order valence-corrected chi connectivity index (χ4v) is 3.10. The van der Waals surface area contributed by atoms with Crippen molar-refractivity contribution in [3.05, 3.63) is 35.6 Å². The molecule has 0 amide bonds. The number of rotatable bonds is 6. The molecule has 0 aliphatic heterocycles. The van der Waals surface area contributed by atoms with E-state index in [0.29, 0.717) is 5.92 Å². The van der Waals surface area contributed by atoms with Crippen LogP contribution in [0.4, 0.5) is 4.39 Å². The van der Waals surface area contributed by atoms with Gasteiger partial charge >= 0.3 is 0 Å². The summed E-state index contributed by atoms with van der Waals surface area (Å²) in [4.78, 5) is 0. The lowest BCUT2D eigenvalue weighted by Gasteiger charge is -2.19. The Hall–Kier alpha value is -0.890. The summed E-state index contributed by atoms with van der Waals surface area (Å²) in [6, 6.07) is 7.03. The summed E-state index contributed by atoms with van der Waals surface area (Å²) in [5.74, 6) is 1.32. The molecular weight excluding hydrogens is 225 g/mol. The third-order valence-corrected chi connectivity index (χ3v) is 4.19. The Morgan fingerprint density at radius 3 is 2.50 bits per heavy atom. The summed E-state index contributed by atoms with van der Waals surface area (Å²) in [7, 11) is 1.99. The third-order valence-electron chi connectivity index (χ3n) is 4.19. The van der Waals surface area contributed by atoms with Crippen molar-refractivity contribution in [3.63, 3.8) is 0 Å². The minimum absolute atomic E-state index is 0.141. The zero-order valence-electron chi connectivity index (χ0n) is 11.3. The van der Waals surface area contributed by atoms with Gasteiger partial charge in [-0.05, 0) is 49.4 Å². The van der Waals surface area contributed by atoms with Gasteiger partial charge in [-0.25, -0.2) is 4.39 Å². The van der Waals surface area contributed by atoms with Crippen molar-refractivity contribution in [2.45, 2.75) is 44.4 Å². The van der Waals surface area contributed by atoms with Crippen molar-refractivity contribution in [1.29, 1.82) is 0 Å². The molecule has 1 aromatic carbocycles. The molecule has 1 aromatic rings. The number of likely N-dealkylation sites (N-methyl/N-ethyl adjacent to an activating group) is 1. The molecule has 18 heavy (non-hydrogen) atoms. The van der Waals surface area contributed by atoms with E-state index >= 15 is 0 Å². The van der Waals surface area contributed by atoms with Crippen molar-refractivity contribution < 1.29 is 4.39 Å². The highest BCUT2D eigenvalue weighted by atomic mass is 19.1.